The maximum absolute atomic E-state index is 12.4. The quantitative estimate of drug-likeness (QED) is 0.746. The van der Waals surface area contributed by atoms with Crippen LogP contribution in [0.25, 0.3) is 0 Å². The van der Waals surface area contributed by atoms with E-state index in [2.05, 4.69) is 5.32 Å². The molecule has 19 heavy (non-hydrogen) atoms. The van der Waals surface area contributed by atoms with Gasteiger partial charge < -0.3 is 15.0 Å². The molecule has 0 spiro atoms. The van der Waals surface area contributed by atoms with Gasteiger partial charge in [-0.3, -0.25) is 0 Å². The van der Waals surface area contributed by atoms with Gasteiger partial charge in [0.2, 0.25) is 0 Å². The number of halogens is 3. The van der Waals surface area contributed by atoms with Crippen LogP contribution in [0.15, 0.2) is 18.2 Å². The summed E-state index contributed by atoms with van der Waals surface area (Å²) < 4.78 is 29.8. The van der Waals surface area contributed by atoms with Gasteiger partial charge in [-0.05, 0) is 17.7 Å². The van der Waals surface area contributed by atoms with Crippen molar-refractivity contribution in [1.29, 1.82) is 0 Å². The number of alkyl halides is 2. The first-order valence-corrected chi connectivity index (χ1v) is 6.39. The van der Waals surface area contributed by atoms with E-state index in [1.807, 2.05) is 6.07 Å². The van der Waals surface area contributed by atoms with Crippen molar-refractivity contribution in [2.75, 3.05) is 38.8 Å². The van der Waals surface area contributed by atoms with E-state index in [0.717, 1.165) is 11.3 Å². The third-order valence-corrected chi connectivity index (χ3v) is 2.90. The summed E-state index contributed by atoms with van der Waals surface area (Å²) in [7, 11) is 3.27. The molecule has 3 nitrogen and oxygen atoms in total. The Morgan fingerprint density at radius 1 is 1.42 bits per heavy atom. The van der Waals surface area contributed by atoms with Gasteiger partial charge in [-0.2, -0.15) is 0 Å². The highest BCUT2D eigenvalue weighted by Gasteiger charge is 2.12. The fourth-order valence-electron chi connectivity index (χ4n) is 1.74. The lowest BCUT2D eigenvalue weighted by molar-refractivity contribution is 0.156. The number of methoxy groups -OCH3 is 1. The summed E-state index contributed by atoms with van der Waals surface area (Å²) in [5, 5.41) is 3.73. The van der Waals surface area contributed by atoms with Crippen molar-refractivity contribution in [1.82, 2.24) is 5.32 Å². The van der Waals surface area contributed by atoms with E-state index < -0.39 is 6.43 Å². The number of benzene rings is 1. The monoisotopic (exact) mass is 292 g/mol. The Balaban J connectivity index is 2.73. The molecule has 0 saturated carbocycles. The minimum atomic E-state index is -2.38. The van der Waals surface area contributed by atoms with Crippen molar-refractivity contribution in [3.63, 3.8) is 0 Å². The van der Waals surface area contributed by atoms with Crippen molar-refractivity contribution in [3.05, 3.63) is 28.8 Å². The van der Waals surface area contributed by atoms with E-state index in [0.29, 0.717) is 24.7 Å². The molecule has 0 bridgehead atoms. The Hall–Kier alpha value is -0.910. The van der Waals surface area contributed by atoms with Crippen molar-refractivity contribution < 1.29 is 13.5 Å². The largest absolute Gasteiger partial charge is 0.383 e. The molecule has 0 aromatic heterocycles. The van der Waals surface area contributed by atoms with Crippen LogP contribution in [-0.4, -0.2) is 40.3 Å². The van der Waals surface area contributed by atoms with Crippen LogP contribution in [0.5, 0.6) is 0 Å². The molecule has 0 radical (unpaired) electrons. The first kappa shape index (κ1) is 16.1. The van der Waals surface area contributed by atoms with E-state index in [1.165, 1.54) is 4.90 Å². The number of nitrogens with zero attached hydrogens (tertiary/aromatic N) is 1. The summed E-state index contributed by atoms with van der Waals surface area (Å²) in [6, 6.07) is 5.31. The molecular weight excluding hydrogens is 274 g/mol. The van der Waals surface area contributed by atoms with Gasteiger partial charge >= 0.3 is 0 Å². The van der Waals surface area contributed by atoms with Gasteiger partial charge in [-0.15, -0.1) is 0 Å². The molecule has 0 fully saturated rings. The SMILES string of the molecule is COCCNCc1ccc(Cl)cc1N(C)CC(F)F. The lowest BCUT2D eigenvalue weighted by atomic mass is 10.1. The van der Waals surface area contributed by atoms with Crippen LogP contribution in [0, 0.1) is 0 Å². The molecule has 108 valence electrons. The second kappa shape index (κ2) is 8.30. The zero-order valence-corrected chi connectivity index (χ0v) is 11.9. The average molecular weight is 293 g/mol. The van der Waals surface area contributed by atoms with Crippen molar-refractivity contribution >= 4 is 17.3 Å². The third-order valence-electron chi connectivity index (χ3n) is 2.67. The molecule has 6 heteroatoms. The van der Waals surface area contributed by atoms with Gasteiger partial charge in [-0.25, -0.2) is 8.78 Å². The lowest BCUT2D eigenvalue weighted by Crippen LogP contribution is -2.26. The van der Waals surface area contributed by atoms with E-state index in [1.54, 1.807) is 26.3 Å². The first-order valence-electron chi connectivity index (χ1n) is 6.02. The predicted molar refractivity (Wildman–Crippen MR) is 74.3 cm³/mol. The Morgan fingerprint density at radius 2 is 2.16 bits per heavy atom. The van der Waals surface area contributed by atoms with Crippen LogP contribution >= 0.6 is 11.6 Å². The van der Waals surface area contributed by atoms with Gasteiger partial charge in [0.25, 0.3) is 6.43 Å². The fourth-order valence-corrected chi connectivity index (χ4v) is 1.91. The number of nitrogens with one attached hydrogen (secondary N) is 1. The third kappa shape index (κ3) is 5.72. The van der Waals surface area contributed by atoms with Crippen LogP contribution in [0.2, 0.25) is 5.02 Å². The standard InChI is InChI=1S/C13H19ClF2N2O/c1-18(9-13(15)16)12-7-11(14)4-3-10(12)8-17-5-6-19-2/h3-4,7,13,17H,5-6,8-9H2,1-2H3. The summed E-state index contributed by atoms with van der Waals surface area (Å²) in [5.41, 5.74) is 1.65. The van der Waals surface area contributed by atoms with Crippen molar-refractivity contribution in [2.24, 2.45) is 0 Å². The van der Waals surface area contributed by atoms with Gasteiger partial charge in [0, 0.05) is 38.0 Å². The van der Waals surface area contributed by atoms with Crippen molar-refractivity contribution in [3.8, 4) is 0 Å². The molecule has 0 aliphatic carbocycles. The summed E-state index contributed by atoms with van der Waals surface area (Å²) in [6.07, 6.45) is -2.38. The Bertz CT molecular complexity index is 391. The molecule has 1 rings (SSSR count). The van der Waals surface area contributed by atoms with E-state index in [-0.39, 0.29) is 6.54 Å². The highest BCUT2D eigenvalue weighted by Crippen LogP contribution is 2.24. The van der Waals surface area contributed by atoms with Crippen LogP contribution in [-0.2, 0) is 11.3 Å². The number of hydrogen-bond donors (Lipinski definition) is 1. The van der Waals surface area contributed by atoms with Crippen LogP contribution < -0.4 is 10.2 Å². The molecule has 1 aromatic rings. The van der Waals surface area contributed by atoms with E-state index in [4.69, 9.17) is 16.3 Å². The summed E-state index contributed by atoms with van der Waals surface area (Å²) in [6.45, 7) is 1.59. The number of rotatable bonds is 8. The summed E-state index contributed by atoms with van der Waals surface area (Å²) >= 11 is 5.93. The van der Waals surface area contributed by atoms with Crippen LogP contribution in [0.3, 0.4) is 0 Å². The Labute approximate surface area is 117 Å². The molecular formula is C13H19ClF2N2O. The molecule has 0 aliphatic heterocycles. The predicted octanol–water partition coefficient (Wildman–Crippen LogP) is 2.78. The summed E-state index contributed by atoms with van der Waals surface area (Å²) in [4.78, 5) is 1.52. The van der Waals surface area contributed by atoms with E-state index in [9.17, 15) is 8.78 Å². The fraction of sp³-hybridized carbons (Fsp3) is 0.538. The van der Waals surface area contributed by atoms with Crippen LogP contribution in [0.4, 0.5) is 14.5 Å². The smallest absolute Gasteiger partial charge is 0.255 e. The van der Waals surface area contributed by atoms with E-state index >= 15 is 0 Å². The zero-order valence-electron chi connectivity index (χ0n) is 11.1. The molecule has 0 atom stereocenters. The van der Waals surface area contributed by atoms with Gasteiger partial charge in [0.1, 0.15) is 0 Å². The molecule has 0 heterocycles. The lowest BCUT2D eigenvalue weighted by Gasteiger charge is -2.22. The van der Waals surface area contributed by atoms with Crippen molar-refractivity contribution in [2.45, 2.75) is 13.0 Å². The summed E-state index contributed by atoms with van der Waals surface area (Å²) in [5.74, 6) is 0. The maximum Gasteiger partial charge on any atom is 0.255 e. The molecule has 0 saturated heterocycles. The maximum atomic E-state index is 12.4. The van der Waals surface area contributed by atoms with Gasteiger partial charge in [0.05, 0.1) is 13.2 Å². The second-order valence-corrected chi connectivity index (χ2v) is 4.65. The molecule has 0 unspecified atom stereocenters. The number of ether oxygens (including phenoxy) is 1. The Morgan fingerprint density at radius 3 is 2.79 bits per heavy atom. The zero-order chi connectivity index (χ0) is 14.3. The molecule has 1 N–H and O–H groups in total. The minimum Gasteiger partial charge on any atom is -0.383 e. The Kier molecular flexibility index (Phi) is 7.05. The number of anilines is 1. The highest BCUT2D eigenvalue weighted by molar-refractivity contribution is 6.30. The number of hydrogen-bond acceptors (Lipinski definition) is 3. The normalized spacial score (nSPS) is 11.1. The van der Waals surface area contributed by atoms with Gasteiger partial charge in [0.15, 0.2) is 0 Å². The molecule has 0 aliphatic rings. The average Bonchev–Trinajstić information content (AvgIpc) is 2.35. The first-order chi connectivity index (χ1) is 9.04. The highest BCUT2D eigenvalue weighted by atomic mass is 35.5. The minimum absolute atomic E-state index is 0.314. The molecule has 1 aromatic carbocycles. The topological polar surface area (TPSA) is 24.5 Å². The second-order valence-electron chi connectivity index (χ2n) is 4.21. The van der Waals surface area contributed by atoms with Gasteiger partial charge in [-0.1, -0.05) is 17.7 Å². The molecule has 0 amide bonds. The van der Waals surface area contributed by atoms with Crippen LogP contribution in [0.1, 0.15) is 5.56 Å².